The molecule has 2 aromatic carbocycles. The maximum absolute atomic E-state index is 13.3. The van der Waals surface area contributed by atoms with E-state index in [4.69, 9.17) is 0 Å². The number of halogens is 6. The summed E-state index contributed by atoms with van der Waals surface area (Å²) < 4.78 is 86.5. The third kappa shape index (κ3) is 3.65. The molecule has 0 fully saturated rings. The maximum Gasteiger partial charge on any atom is 0.423 e. The number of carbonyl (C=O) groups excluding carboxylic acids is 2. The Morgan fingerprint density at radius 1 is 0.583 bits per heavy atom. The largest absolute Gasteiger partial charge is 0.423 e. The minimum atomic E-state index is -2.05. The van der Waals surface area contributed by atoms with E-state index in [0.29, 0.717) is 0 Å². The highest BCUT2D eigenvalue weighted by atomic mass is 19.2. The number of carbonyl (C=O) groups is 2. The Balaban J connectivity index is 2.19. The van der Waals surface area contributed by atoms with Crippen LogP contribution in [-0.2, 0) is 9.59 Å². The summed E-state index contributed by atoms with van der Waals surface area (Å²) in [7, 11) is 0. The fraction of sp³-hybridized carbons (Fsp3) is 0. The van der Waals surface area contributed by atoms with E-state index in [1.54, 1.807) is 0 Å². The van der Waals surface area contributed by atoms with Crippen molar-refractivity contribution in [3.05, 3.63) is 59.2 Å². The second kappa shape index (κ2) is 6.60. The zero-order valence-electron chi connectivity index (χ0n) is 11.2. The summed E-state index contributed by atoms with van der Waals surface area (Å²) in [6, 6.07) is 0.652. The fourth-order valence-corrected chi connectivity index (χ4v) is 1.52. The molecule has 0 amide bonds. The van der Waals surface area contributed by atoms with Gasteiger partial charge in [0, 0.05) is 24.3 Å². The molecule has 0 aliphatic rings. The summed E-state index contributed by atoms with van der Waals surface area (Å²) in [6.07, 6.45) is 0. The van der Waals surface area contributed by atoms with Crippen molar-refractivity contribution in [3.63, 3.8) is 0 Å². The first-order valence-corrected chi connectivity index (χ1v) is 5.92. The Morgan fingerprint density at radius 3 is 1.08 bits per heavy atom. The van der Waals surface area contributed by atoms with Gasteiger partial charge in [-0.15, -0.1) is 0 Å². The summed E-state index contributed by atoms with van der Waals surface area (Å²) in [6.45, 7) is 0. The van der Waals surface area contributed by atoms with Crippen LogP contribution >= 0.6 is 0 Å². The van der Waals surface area contributed by atoms with Crippen molar-refractivity contribution < 1.29 is 45.4 Å². The summed E-state index contributed by atoms with van der Waals surface area (Å²) in [5.41, 5.74) is 0. The van der Waals surface area contributed by atoms with Gasteiger partial charge in [-0.25, -0.2) is 35.9 Å². The minimum Gasteiger partial charge on any atom is -0.412 e. The van der Waals surface area contributed by atoms with Crippen molar-refractivity contribution in [3.8, 4) is 11.5 Å². The average Bonchev–Trinajstić information content (AvgIpc) is 2.46. The molecule has 0 N–H and O–H groups in total. The number of hydrogen-bond acceptors (Lipinski definition) is 4. The Hall–Kier alpha value is -3.04. The molecule has 0 aliphatic carbocycles. The summed E-state index contributed by atoms with van der Waals surface area (Å²) in [4.78, 5) is 22.7. The molecule has 0 bridgehead atoms. The van der Waals surface area contributed by atoms with Crippen LogP contribution in [0.25, 0.3) is 0 Å². The van der Waals surface area contributed by atoms with Gasteiger partial charge in [0.05, 0.1) is 0 Å². The number of esters is 2. The highest BCUT2D eigenvalue weighted by molar-refractivity contribution is 6.31. The van der Waals surface area contributed by atoms with Crippen LogP contribution in [0.4, 0.5) is 26.3 Å². The van der Waals surface area contributed by atoms with Crippen LogP contribution in [0.2, 0.25) is 0 Å². The van der Waals surface area contributed by atoms with Gasteiger partial charge in [0.2, 0.25) is 11.5 Å². The molecule has 0 radical (unpaired) electrons. The second-order valence-electron chi connectivity index (χ2n) is 4.18. The lowest BCUT2D eigenvalue weighted by Gasteiger charge is -2.08. The summed E-state index contributed by atoms with van der Waals surface area (Å²) in [5, 5.41) is 0. The van der Waals surface area contributed by atoms with Crippen LogP contribution < -0.4 is 9.47 Å². The predicted molar refractivity (Wildman–Crippen MR) is 63.9 cm³/mol. The Kier molecular flexibility index (Phi) is 4.77. The van der Waals surface area contributed by atoms with E-state index in [0.717, 1.165) is 0 Å². The molecular weight excluding hydrogens is 346 g/mol. The topological polar surface area (TPSA) is 52.6 Å². The summed E-state index contributed by atoms with van der Waals surface area (Å²) in [5.74, 6) is -16.2. The standard InChI is InChI=1S/C14H4F6O4/c15-5-1-7(17)11(8(18)2-5)23-13(21)14(22)24-12-9(19)3-6(16)4-10(12)20/h1-4H. The molecular formula is C14H4F6O4. The first-order chi connectivity index (χ1) is 11.2. The molecule has 126 valence electrons. The number of benzene rings is 2. The normalized spacial score (nSPS) is 10.4. The van der Waals surface area contributed by atoms with Crippen LogP contribution in [0.5, 0.6) is 11.5 Å². The highest BCUT2D eigenvalue weighted by Gasteiger charge is 2.26. The Bertz CT molecular complexity index is 720. The van der Waals surface area contributed by atoms with Gasteiger partial charge >= 0.3 is 11.9 Å². The van der Waals surface area contributed by atoms with E-state index in [1.807, 2.05) is 0 Å². The van der Waals surface area contributed by atoms with Gasteiger partial charge in [-0.3, -0.25) is 0 Å². The minimum absolute atomic E-state index is 0.163. The maximum atomic E-state index is 13.3. The quantitative estimate of drug-likeness (QED) is 0.362. The molecule has 0 unspecified atom stereocenters. The van der Waals surface area contributed by atoms with Gasteiger partial charge in [-0.2, -0.15) is 0 Å². The second-order valence-corrected chi connectivity index (χ2v) is 4.18. The lowest BCUT2D eigenvalue weighted by Crippen LogP contribution is -2.27. The van der Waals surface area contributed by atoms with Crippen LogP contribution in [0, 0.1) is 34.9 Å². The van der Waals surface area contributed by atoms with Gasteiger partial charge in [0.1, 0.15) is 11.6 Å². The molecule has 2 aromatic rings. The molecule has 10 heteroatoms. The van der Waals surface area contributed by atoms with Crippen molar-refractivity contribution in [2.75, 3.05) is 0 Å². The monoisotopic (exact) mass is 350 g/mol. The van der Waals surface area contributed by atoms with Gasteiger partial charge in [-0.05, 0) is 0 Å². The average molecular weight is 350 g/mol. The van der Waals surface area contributed by atoms with Gasteiger partial charge < -0.3 is 9.47 Å². The first-order valence-electron chi connectivity index (χ1n) is 5.92. The Labute approximate surface area is 129 Å². The van der Waals surface area contributed by atoms with Crippen LogP contribution in [-0.4, -0.2) is 11.9 Å². The zero-order chi connectivity index (χ0) is 18.0. The van der Waals surface area contributed by atoms with Crippen molar-refractivity contribution in [1.29, 1.82) is 0 Å². The number of ether oxygens (including phenoxy) is 2. The van der Waals surface area contributed by atoms with Crippen molar-refractivity contribution in [1.82, 2.24) is 0 Å². The molecule has 0 saturated carbocycles. The number of rotatable bonds is 2. The van der Waals surface area contributed by atoms with E-state index in [-0.39, 0.29) is 24.3 Å². The van der Waals surface area contributed by atoms with Crippen LogP contribution in [0.3, 0.4) is 0 Å². The lowest BCUT2D eigenvalue weighted by molar-refractivity contribution is -0.156. The molecule has 0 aromatic heterocycles. The SMILES string of the molecule is O=C(Oc1c(F)cc(F)cc1F)C(=O)Oc1c(F)cc(F)cc1F. The fourth-order valence-electron chi connectivity index (χ4n) is 1.52. The highest BCUT2D eigenvalue weighted by Crippen LogP contribution is 2.25. The van der Waals surface area contributed by atoms with E-state index in [1.165, 1.54) is 0 Å². The molecule has 2 rings (SSSR count). The summed E-state index contributed by atoms with van der Waals surface area (Å²) >= 11 is 0. The van der Waals surface area contributed by atoms with E-state index >= 15 is 0 Å². The van der Waals surface area contributed by atoms with Crippen molar-refractivity contribution in [2.24, 2.45) is 0 Å². The van der Waals surface area contributed by atoms with Crippen molar-refractivity contribution in [2.45, 2.75) is 0 Å². The lowest BCUT2D eigenvalue weighted by atomic mass is 10.3. The van der Waals surface area contributed by atoms with Crippen molar-refractivity contribution >= 4 is 11.9 Å². The number of hydrogen-bond donors (Lipinski definition) is 0. The third-order valence-corrected chi connectivity index (χ3v) is 2.48. The molecule has 0 heterocycles. The zero-order valence-corrected chi connectivity index (χ0v) is 11.2. The van der Waals surface area contributed by atoms with Crippen LogP contribution in [0.1, 0.15) is 0 Å². The van der Waals surface area contributed by atoms with Crippen LogP contribution in [0.15, 0.2) is 24.3 Å². The van der Waals surface area contributed by atoms with Gasteiger partial charge in [0.25, 0.3) is 0 Å². The van der Waals surface area contributed by atoms with E-state index in [9.17, 15) is 35.9 Å². The van der Waals surface area contributed by atoms with Gasteiger partial charge in [-0.1, -0.05) is 0 Å². The molecule has 4 nitrogen and oxygen atoms in total. The Morgan fingerprint density at radius 2 is 0.833 bits per heavy atom. The first kappa shape index (κ1) is 17.3. The molecule has 0 atom stereocenters. The molecule has 24 heavy (non-hydrogen) atoms. The van der Waals surface area contributed by atoms with Gasteiger partial charge in [0.15, 0.2) is 23.3 Å². The molecule has 0 saturated heterocycles. The smallest absolute Gasteiger partial charge is 0.412 e. The molecule has 0 aliphatic heterocycles. The third-order valence-electron chi connectivity index (χ3n) is 2.48. The van der Waals surface area contributed by atoms with E-state index < -0.39 is 58.3 Å². The predicted octanol–water partition coefficient (Wildman–Crippen LogP) is 3.03. The van der Waals surface area contributed by atoms with E-state index in [2.05, 4.69) is 9.47 Å². The molecule has 0 spiro atoms.